The van der Waals surface area contributed by atoms with Crippen LogP contribution in [0.25, 0.3) is 0 Å². The summed E-state index contributed by atoms with van der Waals surface area (Å²) in [4.78, 5) is 80.6. The van der Waals surface area contributed by atoms with Gasteiger partial charge in [0.15, 0.2) is 0 Å². The van der Waals surface area contributed by atoms with Crippen LogP contribution in [0.5, 0.6) is 34.5 Å². The Kier molecular flexibility index (Phi) is 42.7. The lowest BCUT2D eigenvalue weighted by atomic mass is 10.0. The zero-order chi connectivity index (χ0) is 78.8. The van der Waals surface area contributed by atoms with Crippen molar-refractivity contribution in [3.8, 4) is 34.5 Å². The maximum absolute atomic E-state index is 13.0. The number of hydrogen-bond acceptors (Lipinski definition) is 18. The molecule has 0 unspecified atom stereocenters. The Morgan fingerprint density at radius 1 is 0.372 bits per heavy atom. The number of halogens is 9. The summed E-state index contributed by atoms with van der Waals surface area (Å²) < 4.78 is 94.6. The van der Waals surface area contributed by atoms with Gasteiger partial charge in [0.1, 0.15) is 73.1 Å². The van der Waals surface area contributed by atoms with Crippen molar-refractivity contribution in [2.24, 2.45) is 22.9 Å². The molecule has 0 aliphatic carbocycles. The van der Waals surface area contributed by atoms with E-state index >= 15 is 0 Å². The Labute approximate surface area is 676 Å². The molecule has 0 atom stereocenters. The van der Waals surface area contributed by atoms with Gasteiger partial charge in [-0.25, -0.2) is 26.7 Å². The molecule has 113 heavy (non-hydrogen) atoms. The van der Waals surface area contributed by atoms with Gasteiger partial charge in [-0.05, 0) is 202 Å². The second kappa shape index (κ2) is 49.8. The average molecular weight is 1660 g/mol. The van der Waals surface area contributed by atoms with Crippen LogP contribution in [0.2, 0.25) is 0 Å². The molecule has 0 spiro atoms. The molecule has 0 aromatic heterocycles. The Morgan fingerprint density at radius 3 is 0.796 bits per heavy atom. The summed E-state index contributed by atoms with van der Waals surface area (Å²) in [6.07, 6.45) is 6.29. The first-order valence-electron chi connectivity index (χ1n) is 35.0. The molecule has 6 aliphatic heterocycles. The highest BCUT2D eigenvalue weighted by molar-refractivity contribution is 6.00. The minimum absolute atomic E-state index is 0. The maximum Gasteiger partial charge on any atom is 0.407 e. The van der Waals surface area contributed by atoms with E-state index in [4.69, 9.17) is 56.5 Å². The van der Waals surface area contributed by atoms with E-state index in [1.54, 1.807) is 99.6 Å². The van der Waals surface area contributed by atoms with Crippen LogP contribution in [0.15, 0.2) is 169 Å². The molecule has 6 aliphatic rings. The number of phenolic OH excluding ortho intramolecular Hbond substituents is 1. The summed E-state index contributed by atoms with van der Waals surface area (Å²) in [7, 11) is 0. The number of nitrogens with two attached hydrogens (primary N) is 4. The molecule has 25 nitrogen and oxygen atoms in total. The number of benzene rings is 6. The standard InChI is InChI=1S/C18H23FN2O4.4C13H15FN2O2.C9H9NO2.4ClH/c1-18(2,3)25-17(23)21-10-12(9-19)11-24-14-4-5-15-13(8-14)6-7-20-16(15)22;4*14-6-9(7-15)8-18-11-1-2-12-10(5-11)3-4-16-13(12)17;11-7-1-2-8-6(5-7)3-4-10-9(8)12;;;;/h4-5,8-9H,6-7,10-11H2,1-3H3,(H,20,22)(H,21,23);4*1-2,5-6H,3-4,7-8,15H2,(H,16,17);1-2,5,11H,3-4H2,(H,10,12);4*1H/b;2*9-6+;2*9-6-;;;;;. The summed E-state index contributed by atoms with van der Waals surface area (Å²) in [5, 5.41) is 28.2. The molecule has 6 heterocycles. The SMILES string of the molecule is CC(C)(C)OC(=O)NCC(=CF)COc1ccc2c(c1)CCNC2=O.Cl.Cl.Cl.Cl.NC/C(=C/F)COc1ccc2c(c1)CCNC2=O.NC/C(=C/F)COc1ccc2c(c1)CCNC2=O.NC/C(=C\F)COc1ccc2c(c1)CCNC2=O.NC/C(=C\F)COc1ccc2c(c1)CCNC2=O.O=C1NCCc2cc(O)ccc21. The largest absolute Gasteiger partial charge is 0.508 e. The fraction of sp³-hybridized carbons (Fsp3) is 0.329. The zero-order valence-electron chi connectivity index (χ0n) is 62.4. The Hall–Kier alpha value is -10.4. The molecule has 0 bridgehead atoms. The van der Waals surface area contributed by atoms with Gasteiger partial charge in [-0.2, -0.15) is 0 Å². The van der Waals surface area contributed by atoms with Gasteiger partial charge < -0.3 is 93.7 Å². The van der Waals surface area contributed by atoms with Gasteiger partial charge in [-0.15, -0.1) is 49.6 Å². The topological polar surface area (TPSA) is 383 Å². The van der Waals surface area contributed by atoms with E-state index in [9.17, 15) is 55.5 Å². The number of amides is 7. The van der Waals surface area contributed by atoms with Crippen LogP contribution in [0.1, 0.15) is 116 Å². The fourth-order valence-electron chi connectivity index (χ4n) is 10.9. The van der Waals surface area contributed by atoms with Crippen LogP contribution in [0.3, 0.4) is 0 Å². The zero-order valence-corrected chi connectivity index (χ0v) is 65.7. The molecular weight excluding hydrogens is 1560 g/mol. The van der Waals surface area contributed by atoms with Crippen molar-refractivity contribution in [2.75, 3.05) is 105 Å². The highest BCUT2D eigenvalue weighted by Crippen LogP contribution is 2.27. The number of carbonyl (C=O) groups excluding carboxylic acids is 7. The molecule has 0 saturated carbocycles. The lowest BCUT2D eigenvalue weighted by molar-refractivity contribution is 0.0530. The summed E-state index contributed by atoms with van der Waals surface area (Å²) in [6.45, 7) is 10.0. The average Bonchev–Trinajstić information content (AvgIpc) is 0.857. The Balaban J connectivity index is 0.000000352. The molecular formula is C79H96Cl4F5N11O14. The predicted octanol–water partition coefficient (Wildman–Crippen LogP) is 9.75. The van der Waals surface area contributed by atoms with Crippen molar-refractivity contribution in [1.29, 1.82) is 0 Å². The van der Waals surface area contributed by atoms with E-state index in [2.05, 4.69) is 37.2 Å². The van der Waals surface area contributed by atoms with Gasteiger partial charge >= 0.3 is 6.09 Å². The molecule has 16 N–H and O–H groups in total. The number of aromatic hydroxyl groups is 1. The number of rotatable bonds is 21. The van der Waals surface area contributed by atoms with Crippen LogP contribution in [0, 0.1) is 0 Å². The molecule has 7 amide bonds. The third kappa shape index (κ3) is 30.9. The van der Waals surface area contributed by atoms with E-state index in [0.717, 1.165) is 71.9 Å². The van der Waals surface area contributed by atoms with Crippen molar-refractivity contribution in [3.05, 3.63) is 235 Å². The predicted molar refractivity (Wildman–Crippen MR) is 429 cm³/mol. The number of alkyl carbamates (subject to hydrolysis) is 1. The second-order valence-corrected chi connectivity index (χ2v) is 25.9. The van der Waals surface area contributed by atoms with Gasteiger partial charge in [-0.1, -0.05) is 0 Å². The smallest absolute Gasteiger partial charge is 0.407 e. The van der Waals surface area contributed by atoms with E-state index in [0.29, 0.717) is 155 Å². The minimum atomic E-state index is -0.619. The van der Waals surface area contributed by atoms with Crippen LogP contribution < -0.4 is 83.8 Å². The molecule has 12 rings (SSSR count). The number of nitrogens with one attached hydrogen (secondary N) is 7. The van der Waals surface area contributed by atoms with E-state index in [-0.39, 0.29) is 162 Å². The molecule has 0 radical (unpaired) electrons. The summed E-state index contributed by atoms with van der Waals surface area (Å²) >= 11 is 0. The van der Waals surface area contributed by atoms with Crippen LogP contribution in [0.4, 0.5) is 26.7 Å². The van der Waals surface area contributed by atoms with Crippen molar-refractivity contribution < 1.29 is 89.0 Å². The number of phenols is 1. The maximum atomic E-state index is 13.0. The molecule has 614 valence electrons. The third-order valence-corrected chi connectivity index (χ3v) is 16.8. The number of ether oxygens (including phenoxy) is 6. The van der Waals surface area contributed by atoms with Crippen LogP contribution in [-0.4, -0.2) is 157 Å². The summed E-state index contributed by atoms with van der Waals surface area (Å²) in [5.74, 6) is 2.87. The summed E-state index contributed by atoms with van der Waals surface area (Å²) in [6, 6.07) is 31.0. The monoisotopic (exact) mass is 1660 g/mol. The first-order chi connectivity index (χ1) is 52.5. The normalized spacial score (nSPS) is 14.4. The minimum Gasteiger partial charge on any atom is -0.508 e. The number of carbonyl (C=O) groups is 7. The van der Waals surface area contributed by atoms with Gasteiger partial charge in [0.2, 0.25) is 0 Å². The number of hydrogen-bond donors (Lipinski definition) is 12. The Morgan fingerprint density at radius 2 is 0.584 bits per heavy atom. The van der Waals surface area contributed by atoms with E-state index in [1.165, 1.54) is 6.07 Å². The Bertz CT molecular complexity index is 4020. The van der Waals surface area contributed by atoms with E-state index < -0.39 is 11.7 Å². The first-order valence-corrected chi connectivity index (χ1v) is 35.0. The lowest BCUT2D eigenvalue weighted by Crippen LogP contribution is -2.34. The first kappa shape index (κ1) is 96.8. The molecule has 0 saturated heterocycles. The number of fused-ring (bicyclic) bond motifs is 6. The van der Waals surface area contributed by atoms with Crippen LogP contribution in [-0.2, 0) is 43.3 Å². The highest BCUT2D eigenvalue weighted by Gasteiger charge is 2.23. The summed E-state index contributed by atoms with van der Waals surface area (Å²) in [5.41, 5.74) is 32.2. The highest BCUT2D eigenvalue weighted by atomic mass is 35.5. The fourth-order valence-corrected chi connectivity index (χ4v) is 10.9. The second-order valence-electron chi connectivity index (χ2n) is 25.9. The van der Waals surface area contributed by atoms with Gasteiger partial charge in [0.25, 0.3) is 35.4 Å². The van der Waals surface area contributed by atoms with Crippen molar-refractivity contribution in [2.45, 2.75) is 64.9 Å². The molecule has 34 heteroatoms. The third-order valence-electron chi connectivity index (χ3n) is 16.8. The molecule has 6 aromatic carbocycles. The van der Waals surface area contributed by atoms with Crippen LogP contribution >= 0.6 is 49.6 Å². The molecule has 6 aromatic rings. The van der Waals surface area contributed by atoms with Gasteiger partial charge in [-0.3, -0.25) is 28.8 Å². The molecule has 0 fully saturated rings. The van der Waals surface area contributed by atoms with Crippen molar-refractivity contribution >= 4 is 91.2 Å². The van der Waals surface area contributed by atoms with E-state index in [1.807, 2.05) is 24.3 Å². The van der Waals surface area contributed by atoms with Gasteiger partial charge in [0.05, 0.1) is 31.6 Å². The lowest BCUT2D eigenvalue weighted by Gasteiger charge is -2.20. The van der Waals surface area contributed by atoms with Crippen molar-refractivity contribution in [3.63, 3.8) is 0 Å². The van der Waals surface area contributed by atoms with Gasteiger partial charge in [0, 0.05) is 133 Å². The quantitative estimate of drug-likeness (QED) is 0.0298. The van der Waals surface area contributed by atoms with Crippen molar-refractivity contribution in [1.82, 2.24) is 37.2 Å².